The summed E-state index contributed by atoms with van der Waals surface area (Å²) in [7, 11) is 1.93. The van der Waals surface area contributed by atoms with Gasteiger partial charge in [-0.3, -0.25) is 14.5 Å². The molecule has 0 radical (unpaired) electrons. The Morgan fingerprint density at radius 1 is 1.11 bits per heavy atom. The molecular weight excluding hydrogens is 350 g/mol. The number of hydrogen-bond acceptors (Lipinski definition) is 3. The van der Waals surface area contributed by atoms with Crippen LogP contribution in [0.25, 0.3) is 0 Å². The summed E-state index contributed by atoms with van der Waals surface area (Å²) < 4.78 is 0. The summed E-state index contributed by atoms with van der Waals surface area (Å²) in [5.74, 6) is -0.0816. The van der Waals surface area contributed by atoms with Crippen molar-refractivity contribution in [2.75, 3.05) is 26.7 Å². The molecule has 2 amide bonds. The molecule has 3 aliphatic rings. The van der Waals surface area contributed by atoms with Crippen molar-refractivity contribution in [2.24, 2.45) is 0 Å². The van der Waals surface area contributed by atoms with E-state index in [1.807, 2.05) is 36.2 Å². The number of likely N-dealkylation sites (N-methyl/N-ethyl adjacent to an activating group) is 1. The number of piperidine rings is 1. The molecule has 5 nitrogen and oxygen atoms in total. The molecule has 1 aliphatic carbocycles. The maximum Gasteiger partial charge on any atom is 0.252 e. The predicted molar refractivity (Wildman–Crippen MR) is 110 cm³/mol. The minimum atomic E-state index is -0.450. The van der Waals surface area contributed by atoms with Crippen LogP contribution in [-0.4, -0.2) is 59.9 Å². The van der Waals surface area contributed by atoms with Crippen molar-refractivity contribution in [2.45, 2.75) is 69.4 Å². The summed E-state index contributed by atoms with van der Waals surface area (Å²) in [5.41, 5.74) is 1.80. The van der Waals surface area contributed by atoms with E-state index < -0.39 is 6.04 Å². The number of amides is 2. The van der Waals surface area contributed by atoms with Crippen LogP contribution in [-0.2, 0) is 11.2 Å². The normalized spacial score (nSPS) is 24.9. The Morgan fingerprint density at radius 2 is 1.79 bits per heavy atom. The fraction of sp³-hybridized carbons (Fsp3) is 0.652. The average molecular weight is 384 g/mol. The van der Waals surface area contributed by atoms with Gasteiger partial charge in [-0.15, -0.1) is 0 Å². The van der Waals surface area contributed by atoms with Crippen LogP contribution < -0.4 is 5.32 Å². The number of nitrogens with zero attached hydrogens (tertiary/aromatic N) is 2. The van der Waals surface area contributed by atoms with Gasteiger partial charge in [0.25, 0.3) is 5.91 Å². The molecule has 4 rings (SSSR count). The van der Waals surface area contributed by atoms with Gasteiger partial charge in [0.1, 0.15) is 6.04 Å². The van der Waals surface area contributed by atoms with Gasteiger partial charge in [0.2, 0.25) is 5.91 Å². The lowest BCUT2D eigenvalue weighted by Gasteiger charge is -2.50. The van der Waals surface area contributed by atoms with Crippen molar-refractivity contribution in [3.63, 3.8) is 0 Å². The molecule has 152 valence electrons. The molecule has 0 aromatic heterocycles. The third kappa shape index (κ3) is 3.82. The quantitative estimate of drug-likeness (QED) is 0.870. The predicted octanol–water partition coefficient (Wildman–Crippen LogP) is 2.99. The highest BCUT2D eigenvalue weighted by molar-refractivity contribution is 6.00. The minimum absolute atomic E-state index is 0.0461. The molecule has 28 heavy (non-hydrogen) atoms. The summed E-state index contributed by atoms with van der Waals surface area (Å²) in [5, 5.41) is 2.94. The van der Waals surface area contributed by atoms with E-state index in [-0.39, 0.29) is 17.4 Å². The van der Waals surface area contributed by atoms with Crippen LogP contribution in [0.2, 0.25) is 0 Å². The molecule has 2 aliphatic heterocycles. The van der Waals surface area contributed by atoms with E-state index >= 15 is 0 Å². The summed E-state index contributed by atoms with van der Waals surface area (Å²) >= 11 is 0. The third-order valence-corrected chi connectivity index (χ3v) is 7.01. The number of fused-ring (bicyclic) bond motifs is 1. The van der Waals surface area contributed by atoms with Crippen molar-refractivity contribution in [1.82, 2.24) is 15.1 Å². The van der Waals surface area contributed by atoms with Gasteiger partial charge in [-0.2, -0.15) is 0 Å². The molecule has 0 spiro atoms. The Labute approximate surface area is 168 Å². The lowest BCUT2D eigenvalue weighted by molar-refractivity contribution is -0.134. The van der Waals surface area contributed by atoms with Crippen LogP contribution in [0.5, 0.6) is 0 Å². The Kier molecular flexibility index (Phi) is 5.72. The van der Waals surface area contributed by atoms with Crippen LogP contribution in [0.1, 0.15) is 67.3 Å². The van der Waals surface area contributed by atoms with E-state index in [4.69, 9.17) is 0 Å². The number of carbonyl (C=O) groups is 2. The standard InChI is InChI=1S/C23H33N3O2/c1-25(17-23(12-6-2-7-13-23)26-14-8-3-9-15-26)22(28)20-16-18-10-4-5-11-19(18)21(27)24-20/h4-5,10-11,20H,2-3,6-9,12-17H2,1H3,(H,24,27)/t20-/m0/s1. The van der Waals surface area contributed by atoms with Gasteiger partial charge >= 0.3 is 0 Å². The molecule has 2 heterocycles. The van der Waals surface area contributed by atoms with Crippen LogP contribution in [0.4, 0.5) is 0 Å². The maximum atomic E-state index is 13.2. The SMILES string of the molecule is CN(CC1(N2CCCCC2)CCCCC1)C(=O)[C@@H]1Cc2ccccc2C(=O)N1. The topological polar surface area (TPSA) is 52.7 Å². The van der Waals surface area contributed by atoms with Crippen molar-refractivity contribution in [1.29, 1.82) is 0 Å². The highest BCUT2D eigenvalue weighted by Crippen LogP contribution is 2.36. The van der Waals surface area contributed by atoms with Crippen LogP contribution in [0.15, 0.2) is 24.3 Å². The summed E-state index contributed by atoms with van der Waals surface area (Å²) in [6.07, 6.45) is 10.6. The molecule has 1 aromatic rings. The second-order valence-corrected chi connectivity index (χ2v) is 8.91. The zero-order chi connectivity index (χ0) is 19.6. The fourth-order valence-electron chi connectivity index (χ4n) is 5.51. The zero-order valence-corrected chi connectivity index (χ0v) is 17.1. The van der Waals surface area contributed by atoms with Gasteiger partial charge in [-0.05, 0) is 50.4 Å². The second kappa shape index (κ2) is 8.24. The Balaban J connectivity index is 1.47. The van der Waals surface area contributed by atoms with E-state index in [9.17, 15) is 9.59 Å². The zero-order valence-electron chi connectivity index (χ0n) is 17.1. The first-order valence-corrected chi connectivity index (χ1v) is 11.0. The summed E-state index contributed by atoms with van der Waals surface area (Å²) in [6.45, 7) is 3.10. The Bertz CT molecular complexity index is 720. The fourth-order valence-corrected chi connectivity index (χ4v) is 5.51. The molecule has 1 saturated heterocycles. The van der Waals surface area contributed by atoms with Gasteiger partial charge in [0.15, 0.2) is 0 Å². The largest absolute Gasteiger partial charge is 0.342 e. The molecule has 1 atom stereocenters. The van der Waals surface area contributed by atoms with Gasteiger partial charge in [-0.1, -0.05) is 43.9 Å². The first-order chi connectivity index (χ1) is 13.6. The minimum Gasteiger partial charge on any atom is -0.342 e. The molecule has 1 N–H and O–H groups in total. The second-order valence-electron chi connectivity index (χ2n) is 8.91. The highest BCUT2D eigenvalue weighted by atomic mass is 16.2. The smallest absolute Gasteiger partial charge is 0.252 e. The average Bonchev–Trinajstić information content (AvgIpc) is 2.74. The molecule has 5 heteroatoms. The van der Waals surface area contributed by atoms with Crippen LogP contribution in [0, 0.1) is 0 Å². The molecule has 0 bridgehead atoms. The highest BCUT2D eigenvalue weighted by Gasteiger charge is 2.41. The van der Waals surface area contributed by atoms with E-state index in [1.54, 1.807) is 0 Å². The molecule has 1 saturated carbocycles. The summed E-state index contributed by atoms with van der Waals surface area (Å²) in [6, 6.07) is 7.16. The van der Waals surface area contributed by atoms with Crippen LogP contribution >= 0.6 is 0 Å². The van der Waals surface area contributed by atoms with Crippen molar-refractivity contribution >= 4 is 11.8 Å². The number of hydrogen-bond donors (Lipinski definition) is 1. The van der Waals surface area contributed by atoms with Gasteiger partial charge in [0, 0.05) is 31.1 Å². The van der Waals surface area contributed by atoms with E-state index in [0.29, 0.717) is 12.0 Å². The Morgan fingerprint density at radius 3 is 2.54 bits per heavy atom. The molecular formula is C23H33N3O2. The number of carbonyl (C=O) groups excluding carboxylic acids is 2. The Hall–Kier alpha value is -1.88. The number of benzene rings is 1. The first kappa shape index (κ1) is 19.4. The van der Waals surface area contributed by atoms with E-state index in [0.717, 1.165) is 25.2 Å². The van der Waals surface area contributed by atoms with Crippen molar-refractivity contribution in [3.8, 4) is 0 Å². The lowest BCUT2D eigenvalue weighted by atomic mass is 9.78. The van der Waals surface area contributed by atoms with Gasteiger partial charge < -0.3 is 10.2 Å². The van der Waals surface area contributed by atoms with Crippen LogP contribution in [0.3, 0.4) is 0 Å². The first-order valence-electron chi connectivity index (χ1n) is 11.0. The monoisotopic (exact) mass is 383 g/mol. The van der Waals surface area contributed by atoms with Gasteiger partial charge in [0.05, 0.1) is 0 Å². The number of nitrogens with one attached hydrogen (secondary N) is 1. The van der Waals surface area contributed by atoms with E-state index in [1.165, 1.54) is 51.4 Å². The maximum absolute atomic E-state index is 13.2. The number of rotatable bonds is 4. The number of likely N-dealkylation sites (tertiary alicyclic amines) is 1. The molecule has 1 aromatic carbocycles. The lowest BCUT2D eigenvalue weighted by Crippen LogP contribution is -2.60. The third-order valence-electron chi connectivity index (χ3n) is 7.01. The summed E-state index contributed by atoms with van der Waals surface area (Å²) in [4.78, 5) is 30.3. The van der Waals surface area contributed by atoms with E-state index in [2.05, 4.69) is 10.2 Å². The van der Waals surface area contributed by atoms with Crippen molar-refractivity contribution in [3.05, 3.63) is 35.4 Å². The molecule has 2 fully saturated rings. The van der Waals surface area contributed by atoms with Crippen molar-refractivity contribution < 1.29 is 9.59 Å². The molecule has 0 unspecified atom stereocenters. The van der Waals surface area contributed by atoms with Gasteiger partial charge in [-0.25, -0.2) is 0 Å².